The molecule has 1 saturated heterocycles. The highest BCUT2D eigenvalue weighted by atomic mass is 32.1. The zero-order valence-electron chi connectivity index (χ0n) is 9.43. The first kappa shape index (κ1) is 11.6. The van der Waals surface area contributed by atoms with Crippen LogP contribution in [0.5, 0.6) is 0 Å². The lowest BCUT2D eigenvalue weighted by Crippen LogP contribution is -2.39. The summed E-state index contributed by atoms with van der Waals surface area (Å²) >= 11 is 5.22. The van der Waals surface area contributed by atoms with E-state index in [9.17, 15) is 0 Å². The first-order chi connectivity index (χ1) is 7.79. The molecule has 16 heavy (non-hydrogen) atoms. The Morgan fingerprint density at radius 3 is 2.31 bits per heavy atom. The van der Waals surface area contributed by atoms with E-state index in [4.69, 9.17) is 18.0 Å². The average Bonchev–Trinajstić information content (AvgIpc) is 2.31. The van der Waals surface area contributed by atoms with E-state index in [2.05, 4.69) is 17.0 Å². The maximum absolute atomic E-state index is 5.89. The Bertz CT molecular complexity index is 344. The van der Waals surface area contributed by atoms with Crippen LogP contribution < -0.4 is 5.73 Å². The van der Waals surface area contributed by atoms with Crippen LogP contribution in [0, 0.1) is 0 Å². The third-order valence-electron chi connectivity index (χ3n) is 3.14. The van der Waals surface area contributed by atoms with Gasteiger partial charge in [-0.25, -0.2) is 0 Å². The van der Waals surface area contributed by atoms with Crippen molar-refractivity contribution in [2.75, 3.05) is 13.1 Å². The van der Waals surface area contributed by atoms with Gasteiger partial charge in [0.15, 0.2) is 0 Å². The normalized spacial score (nSPS) is 19.2. The van der Waals surface area contributed by atoms with E-state index in [-0.39, 0.29) is 6.04 Å². The molecule has 0 aliphatic carbocycles. The van der Waals surface area contributed by atoms with Crippen LogP contribution in [0.1, 0.15) is 30.9 Å². The van der Waals surface area contributed by atoms with Gasteiger partial charge < -0.3 is 5.73 Å². The van der Waals surface area contributed by atoms with Crippen molar-refractivity contribution in [3.63, 3.8) is 0 Å². The third kappa shape index (κ3) is 2.60. The van der Waals surface area contributed by atoms with Crippen LogP contribution in [0.3, 0.4) is 0 Å². The summed E-state index contributed by atoms with van der Waals surface area (Å²) in [5.41, 5.74) is 7.11. The summed E-state index contributed by atoms with van der Waals surface area (Å²) in [6.07, 6.45) is 3.84. The Morgan fingerprint density at radius 2 is 1.75 bits per heavy atom. The van der Waals surface area contributed by atoms with Crippen molar-refractivity contribution in [1.82, 2.24) is 4.90 Å². The van der Waals surface area contributed by atoms with Gasteiger partial charge >= 0.3 is 0 Å². The third-order valence-corrected chi connectivity index (χ3v) is 3.36. The second-order valence-corrected chi connectivity index (χ2v) is 4.78. The lowest BCUT2D eigenvalue weighted by molar-refractivity contribution is 0.203. The standard InChI is InChI=1S/C13H18N2S/c14-13(16)12(11-7-3-1-4-8-11)15-9-5-2-6-10-15/h1,3-4,7-8,12H,2,5-6,9-10H2,(H2,14,16). The molecule has 0 saturated carbocycles. The van der Waals surface area contributed by atoms with Gasteiger partial charge in [-0.3, -0.25) is 4.90 Å². The predicted molar refractivity (Wildman–Crippen MR) is 71.4 cm³/mol. The maximum atomic E-state index is 5.89. The van der Waals surface area contributed by atoms with E-state index in [0.29, 0.717) is 4.99 Å². The molecule has 0 aromatic heterocycles. The fourth-order valence-corrected chi connectivity index (χ4v) is 2.65. The van der Waals surface area contributed by atoms with Crippen molar-refractivity contribution in [1.29, 1.82) is 0 Å². The molecule has 1 unspecified atom stereocenters. The van der Waals surface area contributed by atoms with Crippen molar-refractivity contribution in [3.05, 3.63) is 35.9 Å². The van der Waals surface area contributed by atoms with E-state index < -0.39 is 0 Å². The Kier molecular flexibility index (Phi) is 3.91. The van der Waals surface area contributed by atoms with E-state index in [1.807, 2.05) is 18.2 Å². The van der Waals surface area contributed by atoms with Gasteiger partial charge in [-0.15, -0.1) is 0 Å². The second-order valence-electron chi connectivity index (χ2n) is 4.31. The smallest absolute Gasteiger partial charge is 0.0948 e. The summed E-state index contributed by atoms with van der Waals surface area (Å²) in [5.74, 6) is 0. The molecular weight excluding hydrogens is 216 g/mol. The second kappa shape index (κ2) is 5.41. The number of likely N-dealkylation sites (tertiary alicyclic amines) is 1. The van der Waals surface area contributed by atoms with Crippen LogP contribution in [-0.4, -0.2) is 23.0 Å². The highest BCUT2D eigenvalue weighted by Gasteiger charge is 2.23. The molecule has 0 spiro atoms. The van der Waals surface area contributed by atoms with E-state index in [1.165, 1.54) is 24.8 Å². The number of hydrogen-bond acceptors (Lipinski definition) is 2. The monoisotopic (exact) mass is 234 g/mol. The molecular formula is C13H18N2S. The van der Waals surface area contributed by atoms with Crippen LogP contribution in [0.4, 0.5) is 0 Å². The summed E-state index contributed by atoms with van der Waals surface area (Å²) < 4.78 is 0. The molecule has 1 aromatic carbocycles. The molecule has 1 heterocycles. The lowest BCUT2D eigenvalue weighted by Gasteiger charge is -2.34. The van der Waals surface area contributed by atoms with E-state index in [0.717, 1.165) is 13.1 Å². The molecule has 1 atom stereocenters. The number of thiocarbonyl (C=S) groups is 1. The fourth-order valence-electron chi connectivity index (χ4n) is 2.37. The number of hydrogen-bond donors (Lipinski definition) is 1. The summed E-state index contributed by atoms with van der Waals surface area (Å²) in [6.45, 7) is 2.22. The van der Waals surface area contributed by atoms with E-state index >= 15 is 0 Å². The molecule has 86 valence electrons. The zero-order valence-corrected chi connectivity index (χ0v) is 10.2. The van der Waals surface area contributed by atoms with Crippen LogP contribution in [0.25, 0.3) is 0 Å². The minimum atomic E-state index is 0.122. The summed E-state index contributed by atoms with van der Waals surface area (Å²) in [7, 11) is 0. The Balaban J connectivity index is 2.20. The molecule has 1 fully saturated rings. The molecule has 2 N–H and O–H groups in total. The van der Waals surface area contributed by atoms with Gasteiger partial charge in [0.2, 0.25) is 0 Å². The van der Waals surface area contributed by atoms with Crippen molar-refractivity contribution in [3.8, 4) is 0 Å². The number of nitrogens with zero attached hydrogens (tertiary/aromatic N) is 1. The number of benzene rings is 1. The molecule has 2 nitrogen and oxygen atoms in total. The van der Waals surface area contributed by atoms with Gasteiger partial charge in [0.1, 0.15) is 0 Å². The molecule has 0 bridgehead atoms. The number of piperidine rings is 1. The molecule has 3 heteroatoms. The van der Waals surface area contributed by atoms with Crippen molar-refractivity contribution in [2.45, 2.75) is 25.3 Å². The molecule has 0 radical (unpaired) electrons. The average molecular weight is 234 g/mol. The predicted octanol–water partition coefficient (Wildman–Crippen LogP) is 2.50. The first-order valence-electron chi connectivity index (χ1n) is 5.87. The van der Waals surface area contributed by atoms with Gasteiger partial charge in [0, 0.05) is 0 Å². The van der Waals surface area contributed by atoms with Crippen LogP contribution in [0.15, 0.2) is 30.3 Å². The number of rotatable bonds is 3. The van der Waals surface area contributed by atoms with Crippen LogP contribution >= 0.6 is 12.2 Å². The maximum Gasteiger partial charge on any atom is 0.0948 e. The summed E-state index contributed by atoms with van der Waals surface area (Å²) in [5, 5.41) is 0. The van der Waals surface area contributed by atoms with Crippen molar-refractivity contribution < 1.29 is 0 Å². The molecule has 2 rings (SSSR count). The minimum Gasteiger partial charge on any atom is -0.392 e. The largest absolute Gasteiger partial charge is 0.392 e. The SMILES string of the molecule is NC(=S)C(c1ccccc1)N1CCCCC1. The quantitative estimate of drug-likeness (QED) is 0.815. The lowest BCUT2D eigenvalue weighted by atomic mass is 10.0. The minimum absolute atomic E-state index is 0.122. The Labute approximate surface area is 102 Å². The van der Waals surface area contributed by atoms with Gasteiger partial charge in [-0.05, 0) is 31.5 Å². The Morgan fingerprint density at radius 1 is 1.12 bits per heavy atom. The fraction of sp³-hybridized carbons (Fsp3) is 0.462. The molecule has 0 amide bonds. The van der Waals surface area contributed by atoms with Gasteiger partial charge in [0.25, 0.3) is 0 Å². The summed E-state index contributed by atoms with van der Waals surface area (Å²) in [6, 6.07) is 10.5. The molecule has 1 aromatic rings. The Hall–Kier alpha value is -0.930. The van der Waals surface area contributed by atoms with Gasteiger partial charge in [-0.2, -0.15) is 0 Å². The topological polar surface area (TPSA) is 29.3 Å². The zero-order chi connectivity index (χ0) is 11.4. The first-order valence-corrected chi connectivity index (χ1v) is 6.28. The van der Waals surface area contributed by atoms with Crippen molar-refractivity contribution >= 4 is 17.2 Å². The van der Waals surface area contributed by atoms with Gasteiger partial charge in [0.05, 0.1) is 11.0 Å². The van der Waals surface area contributed by atoms with Crippen LogP contribution in [0.2, 0.25) is 0 Å². The highest BCUT2D eigenvalue weighted by molar-refractivity contribution is 7.80. The van der Waals surface area contributed by atoms with Crippen molar-refractivity contribution in [2.24, 2.45) is 5.73 Å². The summed E-state index contributed by atoms with van der Waals surface area (Å²) in [4.78, 5) is 2.99. The van der Waals surface area contributed by atoms with Gasteiger partial charge in [-0.1, -0.05) is 49.0 Å². The molecule has 1 aliphatic rings. The number of nitrogens with two attached hydrogens (primary N) is 1. The highest BCUT2D eigenvalue weighted by Crippen LogP contribution is 2.24. The van der Waals surface area contributed by atoms with E-state index in [1.54, 1.807) is 0 Å². The van der Waals surface area contributed by atoms with Crippen LogP contribution in [-0.2, 0) is 0 Å². The molecule has 1 aliphatic heterocycles.